The zero-order valence-electron chi connectivity index (χ0n) is 15.3. The summed E-state index contributed by atoms with van der Waals surface area (Å²) >= 11 is 0. The van der Waals surface area contributed by atoms with Crippen LogP contribution in [0.1, 0.15) is 110 Å². The molecule has 2 nitrogen and oxygen atoms in total. The molecule has 0 atom stereocenters. The highest BCUT2D eigenvalue weighted by Crippen LogP contribution is 2.22. The molecule has 132 valence electrons. The number of hydrogen-bond acceptors (Lipinski definition) is 2. The van der Waals surface area contributed by atoms with E-state index in [0.717, 1.165) is 19.0 Å². The topological polar surface area (TPSA) is 29.3 Å². The average Bonchev–Trinajstić information content (AvgIpc) is 2.53. The second-order valence-corrected chi connectivity index (χ2v) is 7.51. The molecule has 0 radical (unpaired) electrons. The lowest BCUT2D eigenvalue weighted by Crippen LogP contribution is -2.38. The third kappa shape index (κ3) is 11.5. The quantitative estimate of drug-likeness (QED) is 0.312. The first-order valence-corrected chi connectivity index (χ1v) is 10.3. The van der Waals surface area contributed by atoms with Gasteiger partial charge in [0.2, 0.25) is 0 Å². The lowest BCUT2D eigenvalue weighted by atomic mass is 9.91. The summed E-state index contributed by atoms with van der Waals surface area (Å²) in [6, 6.07) is 0. The summed E-state index contributed by atoms with van der Waals surface area (Å²) in [4.78, 5) is 0. The number of unbranched alkanes of at least 4 members (excludes halogenated alkanes) is 12. The summed E-state index contributed by atoms with van der Waals surface area (Å²) in [5.74, 6) is 6.77. The number of nitrogens with zero attached hydrogens (tertiary/aromatic N) is 1. The molecule has 2 heteroatoms. The molecule has 0 spiro atoms. The normalized spacial score (nSPS) is 17.2. The van der Waals surface area contributed by atoms with Crippen LogP contribution >= 0.6 is 0 Å². The van der Waals surface area contributed by atoms with Gasteiger partial charge in [0.1, 0.15) is 0 Å². The van der Waals surface area contributed by atoms with E-state index in [1.165, 1.54) is 103 Å². The minimum atomic E-state index is 0.965. The van der Waals surface area contributed by atoms with Crippen molar-refractivity contribution in [2.75, 3.05) is 13.1 Å². The largest absolute Gasteiger partial charge is 0.269 e. The van der Waals surface area contributed by atoms with Crippen LogP contribution < -0.4 is 5.84 Å². The molecule has 0 unspecified atom stereocenters. The fourth-order valence-corrected chi connectivity index (χ4v) is 3.69. The Morgan fingerprint density at radius 1 is 0.682 bits per heavy atom. The predicted octanol–water partition coefficient (Wildman–Crippen LogP) is 6.05. The van der Waals surface area contributed by atoms with Gasteiger partial charge < -0.3 is 0 Å². The molecule has 0 saturated carbocycles. The Morgan fingerprint density at radius 3 is 1.55 bits per heavy atom. The molecule has 22 heavy (non-hydrogen) atoms. The molecule has 1 aliphatic heterocycles. The van der Waals surface area contributed by atoms with Gasteiger partial charge in [0.05, 0.1) is 0 Å². The van der Waals surface area contributed by atoms with Crippen molar-refractivity contribution in [1.82, 2.24) is 5.01 Å². The van der Waals surface area contributed by atoms with Gasteiger partial charge in [-0.3, -0.25) is 5.84 Å². The van der Waals surface area contributed by atoms with Gasteiger partial charge in [-0.1, -0.05) is 96.8 Å². The molecule has 1 saturated heterocycles. The van der Waals surface area contributed by atoms with Gasteiger partial charge in [-0.15, -0.1) is 0 Å². The molecule has 0 aliphatic carbocycles. The van der Waals surface area contributed by atoms with Gasteiger partial charge in [0.25, 0.3) is 0 Å². The smallest absolute Gasteiger partial charge is 0.0131 e. The van der Waals surface area contributed by atoms with E-state index >= 15 is 0 Å². The summed E-state index contributed by atoms with van der Waals surface area (Å²) in [5.41, 5.74) is 0. The molecular weight excluding hydrogens is 268 g/mol. The van der Waals surface area contributed by atoms with Gasteiger partial charge in [0.15, 0.2) is 0 Å². The van der Waals surface area contributed by atoms with E-state index < -0.39 is 0 Å². The van der Waals surface area contributed by atoms with Crippen molar-refractivity contribution in [1.29, 1.82) is 0 Å². The van der Waals surface area contributed by atoms with Crippen LogP contribution in [0.25, 0.3) is 0 Å². The first kappa shape index (κ1) is 20.0. The Kier molecular flexibility index (Phi) is 13.2. The lowest BCUT2D eigenvalue weighted by molar-refractivity contribution is 0.180. The first-order chi connectivity index (χ1) is 10.8. The van der Waals surface area contributed by atoms with Crippen molar-refractivity contribution < 1.29 is 0 Å². The van der Waals surface area contributed by atoms with E-state index in [-0.39, 0.29) is 0 Å². The summed E-state index contributed by atoms with van der Waals surface area (Å²) in [5, 5.41) is 1.99. The Morgan fingerprint density at radius 2 is 1.09 bits per heavy atom. The Balaban J connectivity index is 1.71. The molecule has 1 fully saturated rings. The van der Waals surface area contributed by atoms with Crippen LogP contribution in [-0.4, -0.2) is 18.1 Å². The minimum absolute atomic E-state index is 0.965. The van der Waals surface area contributed by atoms with E-state index in [2.05, 4.69) is 6.92 Å². The summed E-state index contributed by atoms with van der Waals surface area (Å²) < 4.78 is 0. The molecule has 0 aromatic rings. The van der Waals surface area contributed by atoms with E-state index in [0.29, 0.717) is 0 Å². The molecule has 1 aliphatic rings. The Labute approximate surface area is 140 Å². The highest BCUT2D eigenvalue weighted by Gasteiger charge is 2.16. The number of rotatable bonds is 14. The van der Waals surface area contributed by atoms with Gasteiger partial charge in [-0.05, 0) is 18.8 Å². The van der Waals surface area contributed by atoms with E-state index in [9.17, 15) is 0 Å². The summed E-state index contributed by atoms with van der Waals surface area (Å²) in [6.45, 7) is 4.52. The molecule has 0 aromatic carbocycles. The van der Waals surface area contributed by atoms with Crippen molar-refractivity contribution in [2.24, 2.45) is 11.8 Å². The third-order valence-corrected chi connectivity index (χ3v) is 5.37. The molecule has 2 N–H and O–H groups in total. The van der Waals surface area contributed by atoms with Gasteiger partial charge in [-0.25, -0.2) is 5.01 Å². The van der Waals surface area contributed by atoms with Crippen molar-refractivity contribution in [3.8, 4) is 0 Å². The SMILES string of the molecule is CCCCCCCCCCCCCCCC1CCN(N)CC1. The van der Waals surface area contributed by atoms with Crippen LogP contribution in [0.15, 0.2) is 0 Å². The number of hydrazine groups is 1. The fourth-order valence-electron chi connectivity index (χ4n) is 3.69. The second-order valence-electron chi connectivity index (χ2n) is 7.51. The maximum atomic E-state index is 5.80. The van der Waals surface area contributed by atoms with Gasteiger partial charge in [-0.2, -0.15) is 0 Å². The highest BCUT2D eigenvalue weighted by molar-refractivity contribution is 4.68. The number of hydrogen-bond donors (Lipinski definition) is 1. The molecule has 0 aromatic heterocycles. The number of nitrogens with two attached hydrogens (primary N) is 1. The summed E-state index contributed by atoms with van der Waals surface area (Å²) in [6.07, 6.45) is 23.1. The standard InChI is InChI=1S/C20H42N2/c1-2-3-4-5-6-7-8-9-10-11-12-13-14-15-20-16-18-22(21)19-17-20/h20H,2-19,21H2,1H3. The van der Waals surface area contributed by atoms with E-state index in [1.807, 2.05) is 5.01 Å². The fraction of sp³-hybridized carbons (Fsp3) is 1.00. The molecular formula is C20H42N2. The highest BCUT2D eigenvalue weighted by atomic mass is 15.4. The van der Waals surface area contributed by atoms with Crippen LogP contribution in [0.5, 0.6) is 0 Å². The molecule has 1 heterocycles. The van der Waals surface area contributed by atoms with Crippen LogP contribution in [0.4, 0.5) is 0 Å². The Bertz CT molecular complexity index is 222. The first-order valence-electron chi connectivity index (χ1n) is 10.3. The second kappa shape index (κ2) is 14.5. The maximum Gasteiger partial charge on any atom is 0.0131 e. The van der Waals surface area contributed by atoms with Crippen molar-refractivity contribution >= 4 is 0 Å². The monoisotopic (exact) mass is 310 g/mol. The summed E-state index contributed by atoms with van der Waals surface area (Å²) in [7, 11) is 0. The molecule has 1 rings (SSSR count). The predicted molar refractivity (Wildman–Crippen MR) is 98.8 cm³/mol. The van der Waals surface area contributed by atoms with E-state index in [1.54, 1.807) is 0 Å². The van der Waals surface area contributed by atoms with Crippen LogP contribution in [-0.2, 0) is 0 Å². The number of piperidine rings is 1. The average molecular weight is 311 g/mol. The van der Waals surface area contributed by atoms with Gasteiger partial charge in [0, 0.05) is 13.1 Å². The van der Waals surface area contributed by atoms with Crippen molar-refractivity contribution in [3.05, 3.63) is 0 Å². The van der Waals surface area contributed by atoms with Crippen molar-refractivity contribution in [3.63, 3.8) is 0 Å². The molecule has 0 bridgehead atoms. The zero-order chi connectivity index (χ0) is 15.9. The Hall–Kier alpha value is -0.0800. The van der Waals surface area contributed by atoms with E-state index in [4.69, 9.17) is 5.84 Å². The van der Waals surface area contributed by atoms with Crippen LogP contribution in [0, 0.1) is 5.92 Å². The van der Waals surface area contributed by atoms with Crippen LogP contribution in [0.3, 0.4) is 0 Å². The minimum Gasteiger partial charge on any atom is -0.269 e. The maximum absolute atomic E-state index is 5.80. The lowest BCUT2D eigenvalue weighted by Gasteiger charge is -2.28. The van der Waals surface area contributed by atoms with Crippen molar-refractivity contribution in [2.45, 2.75) is 110 Å². The molecule has 0 amide bonds. The zero-order valence-corrected chi connectivity index (χ0v) is 15.3. The third-order valence-electron chi connectivity index (χ3n) is 5.37. The van der Waals surface area contributed by atoms with Gasteiger partial charge >= 0.3 is 0 Å². The van der Waals surface area contributed by atoms with Crippen LogP contribution in [0.2, 0.25) is 0 Å².